The number of amides is 1. The van der Waals surface area contributed by atoms with Crippen molar-refractivity contribution >= 4 is 27.5 Å². The van der Waals surface area contributed by atoms with Gasteiger partial charge in [-0.25, -0.2) is 0 Å². The summed E-state index contributed by atoms with van der Waals surface area (Å²) >= 11 is 3.44. The van der Waals surface area contributed by atoms with Gasteiger partial charge in [0.15, 0.2) is 11.5 Å². The number of fused-ring (bicyclic) bond motifs is 2. The number of hydrogen-bond donors (Lipinski definition) is 1. The van der Waals surface area contributed by atoms with Crippen molar-refractivity contribution in [1.82, 2.24) is 0 Å². The molecule has 1 atom stereocenters. The minimum Gasteiger partial charge on any atom is -0.454 e. The predicted molar refractivity (Wildman–Crippen MR) is 81.8 cm³/mol. The summed E-state index contributed by atoms with van der Waals surface area (Å²) < 4.78 is 11.9. The molecule has 106 valence electrons. The fraction of sp³-hybridized carbons (Fsp3) is 0.188. The van der Waals surface area contributed by atoms with Crippen molar-refractivity contribution in [3.05, 3.63) is 52.0 Å². The maximum Gasteiger partial charge on any atom is 0.231 e. The average molecular weight is 346 g/mol. The summed E-state index contributed by atoms with van der Waals surface area (Å²) in [6, 6.07) is 11.9. The molecule has 0 aliphatic carbocycles. The number of carbonyl (C=O) groups is 1. The van der Waals surface area contributed by atoms with Crippen LogP contribution in [0.3, 0.4) is 0 Å². The SMILES string of the molecule is O=C1CC(c2ccc(Br)cc2)c2cc3c(cc2N1)OCO3. The molecule has 0 radical (unpaired) electrons. The Morgan fingerprint density at radius 3 is 2.57 bits per heavy atom. The standard InChI is InChI=1S/C16H12BrNO3/c17-10-3-1-9(2-4-10)11-6-16(19)18-13-7-15-14(5-12(11)13)20-8-21-15/h1-5,7,11H,6,8H2,(H,18,19). The van der Waals surface area contributed by atoms with Gasteiger partial charge in [0.05, 0.1) is 0 Å². The molecule has 2 aliphatic rings. The monoisotopic (exact) mass is 345 g/mol. The summed E-state index contributed by atoms with van der Waals surface area (Å²) in [4.78, 5) is 12.0. The van der Waals surface area contributed by atoms with Crippen LogP contribution in [-0.2, 0) is 4.79 Å². The van der Waals surface area contributed by atoms with Crippen molar-refractivity contribution in [2.45, 2.75) is 12.3 Å². The number of halogens is 1. The number of benzene rings is 2. The van der Waals surface area contributed by atoms with Gasteiger partial charge in [-0.1, -0.05) is 28.1 Å². The van der Waals surface area contributed by atoms with Gasteiger partial charge in [0.1, 0.15) is 0 Å². The lowest BCUT2D eigenvalue weighted by Crippen LogP contribution is -2.23. The highest BCUT2D eigenvalue weighted by Crippen LogP contribution is 2.44. The smallest absolute Gasteiger partial charge is 0.231 e. The second kappa shape index (κ2) is 4.77. The molecule has 0 spiro atoms. The van der Waals surface area contributed by atoms with E-state index in [0.717, 1.165) is 27.0 Å². The highest BCUT2D eigenvalue weighted by Gasteiger charge is 2.29. The van der Waals surface area contributed by atoms with E-state index in [0.29, 0.717) is 12.2 Å². The highest BCUT2D eigenvalue weighted by molar-refractivity contribution is 9.10. The molecule has 0 saturated carbocycles. The molecular weight excluding hydrogens is 334 g/mol. The molecule has 0 bridgehead atoms. The molecule has 2 aromatic rings. The molecule has 1 amide bonds. The maximum atomic E-state index is 12.0. The van der Waals surface area contributed by atoms with E-state index >= 15 is 0 Å². The van der Waals surface area contributed by atoms with Gasteiger partial charge in [-0.15, -0.1) is 0 Å². The van der Waals surface area contributed by atoms with E-state index in [2.05, 4.69) is 21.2 Å². The van der Waals surface area contributed by atoms with E-state index < -0.39 is 0 Å². The summed E-state index contributed by atoms with van der Waals surface area (Å²) in [5.74, 6) is 1.49. The lowest BCUT2D eigenvalue weighted by molar-refractivity contribution is -0.116. The predicted octanol–water partition coefficient (Wildman–Crippen LogP) is 3.65. The Morgan fingerprint density at radius 1 is 1.10 bits per heavy atom. The third-order valence-corrected chi connectivity index (χ3v) is 4.38. The van der Waals surface area contributed by atoms with Crippen molar-refractivity contribution in [3.63, 3.8) is 0 Å². The van der Waals surface area contributed by atoms with Crippen LogP contribution in [0.5, 0.6) is 11.5 Å². The number of hydrogen-bond acceptors (Lipinski definition) is 3. The van der Waals surface area contributed by atoms with Crippen LogP contribution in [-0.4, -0.2) is 12.7 Å². The number of anilines is 1. The first-order valence-corrected chi connectivity index (χ1v) is 7.49. The summed E-state index contributed by atoms with van der Waals surface area (Å²) in [7, 11) is 0. The fourth-order valence-electron chi connectivity index (χ4n) is 2.84. The van der Waals surface area contributed by atoms with Crippen LogP contribution in [0.2, 0.25) is 0 Å². The molecule has 1 unspecified atom stereocenters. The van der Waals surface area contributed by atoms with Gasteiger partial charge in [0.25, 0.3) is 0 Å². The molecule has 1 N–H and O–H groups in total. The number of nitrogens with one attached hydrogen (secondary N) is 1. The molecule has 21 heavy (non-hydrogen) atoms. The Balaban J connectivity index is 1.83. The molecule has 4 nitrogen and oxygen atoms in total. The van der Waals surface area contributed by atoms with E-state index in [-0.39, 0.29) is 18.6 Å². The Bertz CT molecular complexity index is 727. The normalized spacial score (nSPS) is 19.1. The van der Waals surface area contributed by atoms with E-state index in [9.17, 15) is 4.79 Å². The summed E-state index contributed by atoms with van der Waals surface area (Å²) in [5, 5.41) is 2.92. The largest absolute Gasteiger partial charge is 0.454 e. The number of carbonyl (C=O) groups excluding carboxylic acids is 1. The van der Waals surface area contributed by atoms with Crippen molar-refractivity contribution < 1.29 is 14.3 Å². The zero-order chi connectivity index (χ0) is 14.4. The van der Waals surface area contributed by atoms with Crippen molar-refractivity contribution in [2.75, 3.05) is 12.1 Å². The van der Waals surface area contributed by atoms with Crippen molar-refractivity contribution in [2.24, 2.45) is 0 Å². The van der Waals surface area contributed by atoms with E-state index in [1.165, 1.54) is 0 Å². The Morgan fingerprint density at radius 2 is 1.81 bits per heavy atom. The van der Waals surface area contributed by atoms with Gasteiger partial charge in [-0.3, -0.25) is 4.79 Å². The molecule has 4 rings (SSSR count). The minimum atomic E-state index is 0.0225. The maximum absolute atomic E-state index is 12.0. The van der Waals surface area contributed by atoms with Crippen LogP contribution >= 0.6 is 15.9 Å². The molecule has 2 heterocycles. The van der Waals surface area contributed by atoms with Crippen LogP contribution in [0.15, 0.2) is 40.9 Å². The zero-order valence-electron chi connectivity index (χ0n) is 11.1. The Kier molecular flexibility index (Phi) is 2.89. The zero-order valence-corrected chi connectivity index (χ0v) is 12.6. The summed E-state index contributed by atoms with van der Waals surface area (Å²) in [6.07, 6.45) is 0.439. The second-order valence-corrected chi connectivity index (χ2v) is 6.06. The Labute approximate surface area is 130 Å². The topological polar surface area (TPSA) is 47.6 Å². The lowest BCUT2D eigenvalue weighted by atomic mass is 9.84. The summed E-state index contributed by atoms with van der Waals surface area (Å²) in [5.41, 5.74) is 3.00. The molecule has 5 heteroatoms. The van der Waals surface area contributed by atoms with E-state index in [1.807, 2.05) is 36.4 Å². The molecule has 2 aliphatic heterocycles. The highest BCUT2D eigenvalue weighted by atomic mass is 79.9. The van der Waals surface area contributed by atoms with Crippen LogP contribution in [0, 0.1) is 0 Å². The average Bonchev–Trinajstić information content (AvgIpc) is 2.92. The first-order chi connectivity index (χ1) is 10.2. The summed E-state index contributed by atoms with van der Waals surface area (Å²) in [6.45, 7) is 0.231. The van der Waals surface area contributed by atoms with Crippen LogP contribution in [0.4, 0.5) is 5.69 Å². The van der Waals surface area contributed by atoms with Crippen LogP contribution in [0.1, 0.15) is 23.5 Å². The molecule has 0 saturated heterocycles. The fourth-order valence-corrected chi connectivity index (χ4v) is 3.11. The van der Waals surface area contributed by atoms with E-state index in [4.69, 9.17) is 9.47 Å². The van der Waals surface area contributed by atoms with Gasteiger partial charge in [0.2, 0.25) is 12.7 Å². The van der Waals surface area contributed by atoms with Crippen LogP contribution < -0.4 is 14.8 Å². The van der Waals surface area contributed by atoms with Gasteiger partial charge >= 0.3 is 0 Å². The minimum absolute atomic E-state index is 0.0225. The quantitative estimate of drug-likeness (QED) is 0.857. The van der Waals surface area contributed by atoms with Crippen LogP contribution in [0.25, 0.3) is 0 Å². The molecular formula is C16H12BrNO3. The molecule has 2 aromatic carbocycles. The lowest BCUT2D eigenvalue weighted by Gasteiger charge is -2.26. The van der Waals surface area contributed by atoms with Crippen molar-refractivity contribution in [1.29, 1.82) is 0 Å². The third-order valence-electron chi connectivity index (χ3n) is 3.86. The number of rotatable bonds is 1. The molecule has 0 aromatic heterocycles. The van der Waals surface area contributed by atoms with Gasteiger partial charge in [0, 0.05) is 28.6 Å². The second-order valence-electron chi connectivity index (χ2n) is 5.15. The molecule has 0 fully saturated rings. The van der Waals surface area contributed by atoms with Gasteiger partial charge < -0.3 is 14.8 Å². The van der Waals surface area contributed by atoms with Gasteiger partial charge in [-0.05, 0) is 29.3 Å². The first kappa shape index (κ1) is 12.7. The van der Waals surface area contributed by atoms with Gasteiger partial charge in [-0.2, -0.15) is 0 Å². The van der Waals surface area contributed by atoms with E-state index in [1.54, 1.807) is 0 Å². The Hall–Kier alpha value is -2.01. The number of ether oxygens (including phenoxy) is 2. The van der Waals surface area contributed by atoms with Crippen molar-refractivity contribution in [3.8, 4) is 11.5 Å². The third kappa shape index (κ3) is 2.17. The first-order valence-electron chi connectivity index (χ1n) is 6.69.